The summed E-state index contributed by atoms with van der Waals surface area (Å²) < 4.78 is 0. The van der Waals surface area contributed by atoms with Crippen LogP contribution in [0.25, 0.3) is 0 Å². The molecule has 3 nitrogen and oxygen atoms in total. The number of aliphatic hydroxyl groups excluding tert-OH is 1. The minimum absolute atomic E-state index is 0.250. The molecule has 0 radical (unpaired) electrons. The first kappa shape index (κ1) is 16.8. The molecule has 0 aromatic rings. The van der Waals surface area contributed by atoms with Gasteiger partial charge in [0, 0.05) is 13.5 Å². The van der Waals surface area contributed by atoms with Gasteiger partial charge in [0.25, 0.3) is 0 Å². The molecule has 0 saturated carbocycles. The average Bonchev–Trinajstić information content (AvgIpc) is 1.92. The van der Waals surface area contributed by atoms with Gasteiger partial charge < -0.3 is 10.4 Å². The van der Waals surface area contributed by atoms with Gasteiger partial charge in [0.2, 0.25) is 0 Å². The zero-order chi connectivity index (χ0) is 9.54. The van der Waals surface area contributed by atoms with E-state index in [4.69, 9.17) is 10.4 Å². The lowest BCUT2D eigenvalue weighted by Crippen LogP contribution is -2.09. The Morgan fingerprint density at radius 2 is 1.45 bits per heavy atom. The SMILES string of the molecule is CC#N.CCNCC.CCO. The van der Waals surface area contributed by atoms with Gasteiger partial charge in [-0.2, -0.15) is 5.26 Å². The minimum Gasteiger partial charge on any atom is -0.397 e. The van der Waals surface area contributed by atoms with Crippen LogP contribution in [0.5, 0.6) is 0 Å². The van der Waals surface area contributed by atoms with Gasteiger partial charge in [-0.25, -0.2) is 0 Å². The molecule has 0 bridgehead atoms. The van der Waals surface area contributed by atoms with Crippen LogP contribution in [0.1, 0.15) is 27.7 Å². The minimum atomic E-state index is 0.250. The van der Waals surface area contributed by atoms with Crippen molar-refractivity contribution in [2.45, 2.75) is 27.7 Å². The van der Waals surface area contributed by atoms with E-state index in [1.807, 2.05) is 0 Å². The standard InChI is InChI=1S/C4H11N.C2H3N.C2H6O/c1-3-5-4-2;2*1-2-3/h5H,3-4H2,1-2H3;1H3;3H,2H2,1H3. The first-order chi connectivity index (χ1) is 5.24. The van der Waals surface area contributed by atoms with Gasteiger partial charge in [0.15, 0.2) is 0 Å². The van der Waals surface area contributed by atoms with Crippen LogP contribution in [0.15, 0.2) is 0 Å². The Labute approximate surface area is 70.0 Å². The number of nitrogens with zero attached hydrogens (tertiary/aromatic N) is 1. The van der Waals surface area contributed by atoms with Gasteiger partial charge in [-0.3, -0.25) is 0 Å². The van der Waals surface area contributed by atoms with Gasteiger partial charge in [-0.15, -0.1) is 0 Å². The van der Waals surface area contributed by atoms with Crippen LogP contribution in [-0.4, -0.2) is 24.8 Å². The van der Waals surface area contributed by atoms with E-state index < -0.39 is 0 Å². The molecular formula is C8H20N2O. The van der Waals surface area contributed by atoms with Gasteiger partial charge in [0.1, 0.15) is 0 Å². The molecule has 0 rings (SSSR count). The van der Waals surface area contributed by atoms with E-state index >= 15 is 0 Å². The number of hydrogen-bond donors (Lipinski definition) is 2. The molecule has 0 aromatic heterocycles. The summed E-state index contributed by atoms with van der Waals surface area (Å²) in [5.41, 5.74) is 0. The highest BCUT2D eigenvalue weighted by molar-refractivity contribution is 4.51. The van der Waals surface area contributed by atoms with Gasteiger partial charge in [0.05, 0.1) is 6.07 Å². The van der Waals surface area contributed by atoms with E-state index in [2.05, 4.69) is 19.2 Å². The Morgan fingerprint density at radius 1 is 1.27 bits per heavy atom. The second-order valence-electron chi connectivity index (χ2n) is 1.50. The lowest BCUT2D eigenvalue weighted by atomic mass is 10.7. The molecule has 0 atom stereocenters. The van der Waals surface area contributed by atoms with E-state index in [1.54, 1.807) is 13.0 Å². The monoisotopic (exact) mass is 160 g/mol. The number of aliphatic hydroxyl groups is 1. The van der Waals surface area contributed by atoms with Crippen molar-refractivity contribution in [1.29, 1.82) is 5.26 Å². The largest absolute Gasteiger partial charge is 0.397 e. The van der Waals surface area contributed by atoms with E-state index in [0.29, 0.717) is 0 Å². The predicted molar refractivity (Wildman–Crippen MR) is 48.3 cm³/mol. The Hall–Kier alpha value is -0.590. The molecule has 2 N–H and O–H groups in total. The highest BCUT2D eigenvalue weighted by Gasteiger charge is 1.62. The van der Waals surface area contributed by atoms with Gasteiger partial charge in [-0.05, 0) is 20.0 Å². The maximum atomic E-state index is 7.57. The van der Waals surface area contributed by atoms with E-state index in [9.17, 15) is 0 Å². The molecule has 11 heavy (non-hydrogen) atoms. The maximum Gasteiger partial charge on any atom is 0.0587 e. The first-order valence-electron chi connectivity index (χ1n) is 3.87. The lowest BCUT2D eigenvalue weighted by Gasteiger charge is -1.86. The predicted octanol–water partition coefficient (Wildman–Crippen LogP) is 1.14. The van der Waals surface area contributed by atoms with Crippen LogP contribution in [0.4, 0.5) is 0 Å². The Kier molecular flexibility index (Phi) is 52.2. The van der Waals surface area contributed by atoms with Crippen LogP contribution in [-0.2, 0) is 0 Å². The van der Waals surface area contributed by atoms with Crippen LogP contribution in [0, 0.1) is 11.3 Å². The second-order valence-corrected chi connectivity index (χ2v) is 1.50. The topological polar surface area (TPSA) is 56.0 Å². The van der Waals surface area contributed by atoms with Crippen LogP contribution >= 0.6 is 0 Å². The van der Waals surface area contributed by atoms with Crippen molar-refractivity contribution >= 4 is 0 Å². The second kappa shape index (κ2) is 34.2. The van der Waals surface area contributed by atoms with Crippen LogP contribution in [0.3, 0.4) is 0 Å². The fourth-order valence-corrected chi connectivity index (χ4v) is 0.250. The third-order valence-electron chi connectivity index (χ3n) is 0.500. The molecule has 0 heterocycles. The van der Waals surface area contributed by atoms with Gasteiger partial charge in [-0.1, -0.05) is 13.8 Å². The van der Waals surface area contributed by atoms with Crippen molar-refractivity contribution < 1.29 is 5.11 Å². The lowest BCUT2D eigenvalue weighted by molar-refractivity contribution is 0.318. The van der Waals surface area contributed by atoms with Crippen LogP contribution in [0.2, 0.25) is 0 Å². The summed E-state index contributed by atoms with van der Waals surface area (Å²) in [6.45, 7) is 9.75. The van der Waals surface area contributed by atoms with E-state index in [0.717, 1.165) is 13.1 Å². The van der Waals surface area contributed by atoms with Crippen LogP contribution < -0.4 is 5.32 Å². The summed E-state index contributed by atoms with van der Waals surface area (Å²) in [7, 11) is 0. The molecule has 0 fully saturated rings. The van der Waals surface area contributed by atoms with E-state index in [-0.39, 0.29) is 6.61 Å². The fraction of sp³-hybridized carbons (Fsp3) is 0.875. The zero-order valence-corrected chi connectivity index (χ0v) is 8.02. The molecule has 0 amide bonds. The smallest absolute Gasteiger partial charge is 0.0587 e. The molecular weight excluding hydrogens is 140 g/mol. The molecule has 3 heteroatoms. The number of nitriles is 1. The molecule has 0 unspecified atom stereocenters. The summed E-state index contributed by atoms with van der Waals surface area (Å²) >= 11 is 0. The first-order valence-corrected chi connectivity index (χ1v) is 3.87. The quantitative estimate of drug-likeness (QED) is 0.637. The summed E-state index contributed by atoms with van der Waals surface area (Å²) in [6, 6.07) is 1.75. The number of hydrogen-bond acceptors (Lipinski definition) is 3. The van der Waals surface area contributed by atoms with Gasteiger partial charge >= 0.3 is 0 Å². The third kappa shape index (κ3) is 260. The number of rotatable bonds is 2. The number of nitrogens with one attached hydrogen (secondary N) is 1. The molecule has 0 aliphatic rings. The Morgan fingerprint density at radius 3 is 1.45 bits per heavy atom. The zero-order valence-electron chi connectivity index (χ0n) is 8.02. The summed E-state index contributed by atoms with van der Waals surface area (Å²) in [5.74, 6) is 0. The molecule has 0 aliphatic heterocycles. The Balaban J connectivity index is -0.0000000933. The summed E-state index contributed by atoms with van der Waals surface area (Å²) in [5, 5.41) is 18.0. The normalized spacial score (nSPS) is 6.18. The molecule has 0 saturated heterocycles. The van der Waals surface area contributed by atoms with Crippen molar-refractivity contribution in [2.24, 2.45) is 0 Å². The van der Waals surface area contributed by atoms with Crippen molar-refractivity contribution in [3.8, 4) is 6.07 Å². The average molecular weight is 160 g/mol. The van der Waals surface area contributed by atoms with Crippen molar-refractivity contribution in [2.75, 3.05) is 19.7 Å². The van der Waals surface area contributed by atoms with Crippen molar-refractivity contribution in [1.82, 2.24) is 5.32 Å². The molecule has 0 aliphatic carbocycles. The van der Waals surface area contributed by atoms with Crippen molar-refractivity contribution in [3.05, 3.63) is 0 Å². The fourth-order valence-electron chi connectivity index (χ4n) is 0.250. The third-order valence-corrected chi connectivity index (χ3v) is 0.500. The van der Waals surface area contributed by atoms with Crippen molar-refractivity contribution in [3.63, 3.8) is 0 Å². The highest BCUT2D eigenvalue weighted by atomic mass is 16.2. The molecule has 0 spiro atoms. The summed E-state index contributed by atoms with van der Waals surface area (Å²) in [6.07, 6.45) is 0. The maximum absolute atomic E-state index is 7.57. The Bertz CT molecular complexity index is 67.0. The van der Waals surface area contributed by atoms with E-state index in [1.165, 1.54) is 6.92 Å². The molecule has 0 aromatic carbocycles. The molecule has 68 valence electrons. The highest BCUT2D eigenvalue weighted by Crippen LogP contribution is 1.47. The summed E-state index contributed by atoms with van der Waals surface area (Å²) in [4.78, 5) is 0.